The van der Waals surface area contributed by atoms with Gasteiger partial charge in [0.15, 0.2) is 0 Å². The van der Waals surface area contributed by atoms with Crippen molar-refractivity contribution >= 4 is 5.65 Å². The lowest BCUT2D eigenvalue weighted by atomic mass is 10.1. The molecule has 2 aromatic heterocycles. The topological polar surface area (TPSA) is 52.5 Å². The van der Waals surface area contributed by atoms with E-state index in [1.165, 1.54) is 0 Å². The molecule has 0 aliphatic rings. The summed E-state index contributed by atoms with van der Waals surface area (Å²) < 4.78 is 8.00. The largest absolute Gasteiger partial charge is 0.437 e. The van der Waals surface area contributed by atoms with E-state index in [4.69, 9.17) is 10.5 Å². The molecular weight excluding hydrogens is 250 g/mol. The van der Waals surface area contributed by atoms with Gasteiger partial charge in [-0.15, -0.1) is 0 Å². The van der Waals surface area contributed by atoms with Crippen LogP contribution in [0.25, 0.3) is 5.65 Å². The molecule has 4 nitrogen and oxygen atoms in total. The summed E-state index contributed by atoms with van der Waals surface area (Å²) in [4.78, 5) is 4.52. The van der Waals surface area contributed by atoms with Crippen LogP contribution in [0.5, 0.6) is 11.6 Å². The average Bonchev–Trinajstić information content (AvgIpc) is 2.80. The Kier molecular flexibility index (Phi) is 3.16. The normalized spacial score (nSPS) is 10.9. The Morgan fingerprint density at radius 1 is 1.10 bits per heavy atom. The first-order chi connectivity index (χ1) is 9.70. The monoisotopic (exact) mass is 267 g/mol. The number of hydrogen-bond acceptors (Lipinski definition) is 3. The summed E-state index contributed by atoms with van der Waals surface area (Å²) in [6, 6.07) is 11.9. The van der Waals surface area contributed by atoms with Gasteiger partial charge in [0.1, 0.15) is 17.1 Å². The minimum Gasteiger partial charge on any atom is -0.437 e. The molecule has 0 saturated heterocycles. The van der Waals surface area contributed by atoms with E-state index in [2.05, 4.69) is 4.98 Å². The van der Waals surface area contributed by atoms with Crippen LogP contribution in [0.1, 0.15) is 16.8 Å². The van der Waals surface area contributed by atoms with Crippen LogP contribution >= 0.6 is 0 Å². The molecule has 0 spiro atoms. The fraction of sp³-hybridized carbons (Fsp3) is 0.188. The van der Waals surface area contributed by atoms with Gasteiger partial charge in [0.05, 0.1) is 0 Å². The molecule has 0 fully saturated rings. The van der Waals surface area contributed by atoms with E-state index in [0.29, 0.717) is 12.4 Å². The van der Waals surface area contributed by atoms with Crippen LogP contribution in [-0.4, -0.2) is 9.38 Å². The van der Waals surface area contributed by atoms with E-state index < -0.39 is 0 Å². The van der Waals surface area contributed by atoms with Gasteiger partial charge in [0, 0.05) is 12.7 Å². The first kappa shape index (κ1) is 12.7. The molecule has 0 bridgehead atoms. The van der Waals surface area contributed by atoms with E-state index in [0.717, 1.165) is 28.2 Å². The molecule has 2 N–H and O–H groups in total. The van der Waals surface area contributed by atoms with E-state index in [9.17, 15) is 0 Å². The van der Waals surface area contributed by atoms with Crippen molar-refractivity contribution in [3.63, 3.8) is 0 Å². The second-order valence-electron chi connectivity index (χ2n) is 4.82. The maximum Gasteiger partial charge on any atom is 0.242 e. The Morgan fingerprint density at radius 3 is 2.55 bits per heavy atom. The van der Waals surface area contributed by atoms with Gasteiger partial charge < -0.3 is 10.5 Å². The molecule has 3 rings (SSSR count). The van der Waals surface area contributed by atoms with Gasteiger partial charge >= 0.3 is 0 Å². The Labute approximate surface area is 117 Å². The number of fused-ring (bicyclic) bond motifs is 1. The molecule has 0 aliphatic heterocycles. The van der Waals surface area contributed by atoms with Gasteiger partial charge in [-0.3, -0.25) is 4.40 Å². The van der Waals surface area contributed by atoms with Crippen LogP contribution in [0, 0.1) is 13.8 Å². The molecule has 0 saturated carbocycles. The maximum absolute atomic E-state index is 6.04. The molecule has 0 amide bonds. The number of rotatable bonds is 3. The first-order valence-corrected chi connectivity index (χ1v) is 6.61. The van der Waals surface area contributed by atoms with Crippen LogP contribution in [-0.2, 0) is 6.54 Å². The number of para-hydroxylation sites is 1. The summed E-state index contributed by atoms with van der Waals surface area (Å²) in [5, 5.41) is 0. The van der Waals surface area contributed by atoms with Crippen LogP contribution in [0.15, 0.2) is 42.6 Å². The molecule has 2 heterocycles. The molecule has 4 heteroatoms. The van der Waals surface area contributed by atoms with Gasteiger partial charge in [0.25, 0.3) is 0 Å². The van der Waals surface area contributed by atoms with E-state index in [-0.39, 0.29) is 0 Å². The Morgan fingerprint density at radius 2 is 1.85 bits per heavy atom. The van der Waals surface area contributed by atoms with Gasteiger partial charge in [-0.25, -0.2) is 0 Å². The lowest BCUT2D eigenvalue weighted by Crippen LogP contribution is -2.03. The predicted octanol–water partition coefficient (Wildman–Crippen LogP) is 3.20. The highest BCUT2D eigenvalue weighted by molar-refractivity contribution is 5.48. The van der Waals surface area contributed by atoms with Crippen molar-refractivity contribution in [2.75, 3.05) is 0 Å². The third-order valence-electron chi connectivity index (χ3n) is 3.39. The molecule has 0 unspecified atom stereocenters. The summed E-state index contributed by atoms with van der Waals surface area (Å²) in [5.41, 5.74) is 9.75. The minimum atomic E-state index is 0.380. The van der Waals surface area contributed by atoms with Crippen LogP contribution in [0.3, 0.4) is 0 Å². The van der Waals surface area contributed by atoms with Gasteiger partial charge in [-0.1, -0.05) is 24.3 Å². The SMILES string of the molecule is Cc1cccc(C)c1Oc1nc2ccccn2c1CN. The Hall–Kier alpha value is -2.33. The zero-order valence-corrected chi connectivity index (χ0v) is 11.6. The zero-order chi connectivity index (χ0) is 14.1. The van der Waals surface area contributed by atoms with Crippen molar-refractivity contribution in [3.8, 4) is 11.6 Å². The summed E-state index contributed by atoms with van der Waals surface area (Å²) in [7, 11) is 0. The van der Waals surface area contributed by atoms with Gasteiger partial charge in [-0.2, -0.15) is 4.98 Å². The highest BCUT2D eigenvalue weighted by atomic mass is 16.5. The molecule has 1 aromatic carbocycles. The molecule has 0 atom stereocenters. The molecular formula is C16H17N3O. The number of aryl methyl sites for hydroxylation is 2. The standard InChI is InChI=1S/C16H17N3O/c1-11-6-5-7-12(2)15(11)20-16-13(10-17)19-9-4-3-8-14(19)18-16/h3-9H,10,17H2,1-2H3. The molecule has 0 aliphatic carbocycles. The van der Waals surface area contributed by atoms with Crippen LogP contribution in [0.4, 0.5) is 0 Å². The van der Waals surface area contributed by atoms with Gasteiger partial charge in [-0.05, 0) is 37.1 Å². The summed E-state index contributed by atoms with van der Waals surface area (Å²) in [6.45, 7) is 4.44. The van der Waals surface area contributed by atoms with E-state index in [1.54, 1.807) is 0 Å². The van der Waals surface area contributed by atoms with Crippen molar-refractivity contribution in [3.05, 3.63) is 59.4 Å². The predicted molar refractivity (Wildman–Crippen MR) is 79.1 cm³/mol. The van der Waals surface area contributed by atoms with Crippen molar-refractivity contribution in [2.24, 2.45) is 5.73 Å². The third kappa shape index (κ3) is 2.04. The highest BCUT2D eigenvalue weighted by Gasteiger charge is 2.14. The minimum absolute atomic E-state index is 0.380. The van der Waals surface area contributed by atoms with E-state index >= 15 is 0 Å². The van der Waals surface area contributed by atoms with Crippen LogP contribution < -0.4 is 10.5 Å². The average molecular weight is 267 g/mol. The fourth-order valence-corrected chi connectivity index (χ4v) is 2.35. The lowest BCUT2D eigenvalue weighted by molar-refractivity contribution is 0.452. The number of ether oxygens (including phenoxy) is 1. The molecule has 102 valence electrons. The number of hydrogen-bond donors (Lipinski definition) is 1. The highest BCUT2D eigenvalue weighted by Crippen LogP contribution is 2.30. The first-order valence-electron chi connectivity index (χ1n) is 6.61. The number of nitrogens with zero attached hydrogens (tertiary/aromatic N) is 2. The van der Waals surface area contributed by atoms with Crippen molar-refractivity contribution in [1.82, 2.24) is 9.38 Å². The maximum atomic E-state index is 6.04. The number of aromatic nitrogens is 2. The van der Waals surface area contributed by atoms with Crippen molar-refractivity contribution < 1.29 is 4.74 Å². The fourth-order valence-electron chi connectivity index (χ4n) is 2.35. The van der Waals surface area contributed by atoms with Crippen LogP contribution in [0.2, 0.25) is 0 Å². The Bertz CT molecular complexity index is 741. The smallest absolute Gasteiger partial charge is 0.242 e. The quantitative estimate of drug-likeness (QED) is 0.792. The summed E-state index contributed by atoms with van der Waals surface area (Å²) >= 11 is 0. The van der Waals surface area contributed by atoms with Gasteiger partial charge in [0.2, 0.25) is 5.88 Å². The number of nitrogens with two attached hydrogens (primary N) is 1. The summed E-state index contributed by atoms with van der Waals surface area (Å²) in [5.74, 6) is 1.43. The van der Waals surface area contributed by atoms with Crippen molar-refractivity contribution in [1.29, 1.82) is 0 Å². The molecule has 3 aromatic rings. The number of benzene rings is 1. The Balaban J connectivity index is 2.11. The number of pyridine rings is 1. The lowest BCUT2D eigenvalue weighted by Gasteiger charge is -2.10. The van der Waals surface area contributed by atoms with E-state index in [1.807, 2.05) is 60.8 Å². The second kappa shape index (κ2) is 4.98. The third-order valence-corrected chi connectivity index (χ3v) is 3.39. The second-order valence-corrected chi connectivity index (χ2v) is 4.82. The van der Waals surface area contributed by atoms with Crippen molar-refractivity contribution in [2.45, 2.75) is 20.4 Å². The zero-order valence-electron chi connectivity index (χ0n) is 11.6. The summed E-state index contributed by atoms with van der Waals surface area (Å²) in [6.07, 6.45) is 1.95. The molecule has 20 heavy (non-hydrogen) atoms. The molecule has 0 radical (unpaired) electrons. The number of imidazole rings is 1.